The van der Waals surface area contributed by atoms with Crippen molar-refractivity contribution in [3.63, 3.8) is 0 Å². The molecule has 0 saturated carbocycles. The van der Waals surface area contributed by atoms with Gasteiger partial charge in [-0.2, -0.15) is 0 Å². The number of nitrogens with zero attached hydrogens (tertiary/aromatic N) is 3. The molecule has 0 aliphatic rings. The van der Waals surface area contributed by atoms with Crippen LogP contribution in [-0.4, -0.2) is 21.1 Å². The number of hydrogen-bond acceptors (Lipinski definition) is 3. The van der Waals surface area contributed by atoms with Crippen molar-refractivity contribution >= 4 is 0 Å². The Kier molecular flexibility index (Phi) is 2.78. The molecular weight excluding hydrogens is 188 g/mol. The van der Waals surface area contributed by atoms with Crippen molar-refractivity contribution in [2.45, 2.75) is 13.0 Å². The molecule has 2 N–H and O–H groups in total. The number of imidazole rings is 1. The average Bonchev–Trinajstić information content (AvgIpc) is 2.68. The Labute approximate surface area is 88.8 Å². The van der Waals surface area contributed by atoms with Crippen molar-refractivity contribution in [1.29, 1.82) is 0 Å². The van der Waals surface area contributed by atoms with E-state index in [1.54, 1.807) is 12.4 Å². The molecule has 0 aliphatic carbocycles. The second-order valence-electron chi connectivity index (χ2n) is 3.39. The van der Waals surface area contributed by atoms with Crippen LogP contribution in [-0.2, 0) is 0 Å². The van der Waals surface area contributed by atoms with Crippen molar-refractivity contribution in [2.75, 3.05) is 6.54 Å². The van der Waals surface area contributed by atoms with E-state index >= 15 is 0 Å². The van der Waals surface area contributed by atoms with Gasteiger partial charge in [-0.3, -0.25) is 4.98 Å². The van der Waals surface area contributed by atoms with E-state index in [1.807, 2.05) is 35.9 Å². The van der Waals surface area contributed by atoms with E-state index in [4.69, 9.17) is 5.73 Å². The smallest absolute Gasteiger partial charge is 0.106 e. The monoisotopic (exact) mass is 202 g/mol. The number of hydrogen-bond donors (Lipinski definition) is 1. The van der Waals surface area contributed by atoms with E-state index in [0.717, 1.165) is 11.5 Å². The molecule has 0 aliphatic heterocycles. The lowest BCUT2D eigenvalue weighted by Gasteiger charge is -2.17. The number of rotatable bonds is 3. The first-order valence-corrected chi connectivity index (χ1v) is 4.93. The Morgan fingerprint density at radius 1 is 1.33 bits per heavy atom. The molecule has 2 aromatic heterocycles. The van der Waals surface area contributed by atoms with Crippen LogP contribution in [0.2, 0.25) is 0 Å². The molecular formula is C11H14N4. The fourth-order valence-corrected chi connectivity index (χ4v) is 1.67. The fraction of sp³-hybridized carbons (Fsp3) is 0.273. The van der Waals surface area contributed by atoms with Gasteiger partial charge in [0.1, 0.15) is 5.82 Å². The Hall–Kier alpha value is -1.68. The molecule has 78 valence electrons. The van der Waals surface area contributed by atoms with Crippen LogP contribution >= 0.6 is 0 Å². The maximum atomic E-state index is 5.78. The van der Waals surface area contributed by atoms with Crippen LogP contribution in [0.25, 0.3) is 0 Å². The third-order valence-corrected chi connectivity index (χ3v) is 2.45. The summed E-state index contributed by atoms with van der Waals surface area (Å²) in [6.07, 6.45) is 5.49. The summed E-state index contributed by atoms with van der Waals surface area (Å²) in [5.74, 6) is 0.955. The fourth-order valence-electron chi connectivity index (χ4n) is 1.67. The molecule has 4 nitrogen and oxygen atoms in total. The first kappa shape index (κ1) is 9.86. The van der Waals surface area contributed by atoms with Crippen molar-refractivity contribution in [2.24, 2.45) is 5.73 Å². The summed E-state index contributed by atoms with van der Waals surface area (Å²) in [7, 11) is 0. The Morgan fingerprint density at radius 2 is 2.20 bits per heavy atom. The molecule has 0 saturated heterocycles. The van der Waals surface area contributed by atoms with E-state index < -0.39 is 0 Å². The summed E-state index contributed by atoms with van der Waals surface area (Å²) in [4.78, 5) is 8.51. The minimum absolute atomic E-state index is 0.0775. The lowest BCUT2D eigenvalue weighted by Crippen LogP contribution is -2.21. The molecule has 4 heteroatoms. The predicted octanol–water partition coefficient (Wildman–Crippen LogP) is 1.13. The van der Waals surface area contributed by atoms with Gasteiger partial charge in [-0.15, -0.1) is 0 Å². The average molecular weight is 202 g/mol. The number of pyridine rings is 1. The van der Waals surface area contributed by atoms with Gasteiger partial charge in [0.05, 0.1) is 11.7 Å². The van der Waals surface area contributed by atoms with E-state index in [9.17, 15) is 0 Å². The number of nitrogens with two attached hydrogens (primary N) is 1. The van der Waals surface area contributed by atoms with Crippen molar-refractivity contribution in [3.8, 4) is 0 Å². The molecule has 0 aromatic carbocycles. The normalized spacial score (nSPS) is 12.7. The highest BCUT2D eigenvalue weighted by Crippen LogP contribution is 2.15. The first-order chi connectivity index (χ1) is 7.33. The van der Waals surface area contributed by atoms with Crippen molar-refractivity contribution in [3.05, 3.63) is 48.3 Å². The lowest BCUT2D eigenvalue weighted by molar-refractivity contribution is 0.564. The van der Waals surface area contributed by atoms with Crippen LogP contribution in [0.4, 0.5) is 0 Å². The molecule has 0 amide bonds. The number of aryl methyl sites for hydroxylation is 1. The first-order valence-electron chi connectivity index (χ1n) is 4.93. The Morgan fingerprint density at radius 3 is 2.73 bits per heavy atom. The van der Waals surface area contributed by atoms with Crippen LogP contribution in [0.1, 0.15) is 17.6 Å². The van der Waals surface area contributed by atoms with Crippen LogP contribution in [0.3, 0.4) is 0 Å². The summed E-state index contributed by atoms with van der Waals surface area (Å²) in [6.45, 7) is 2.49. The van der Waals surface area contributed by atoms with Crippen LogP contribution < -0.4 is 5.73 Å². The molecule has 0 spiro atoms. The van der Waals surface area contributed by atoms with Gasteiger partial charge in [0.25, 0.3) is 0 Å². The molecule has 0 radical (unpaired) electrons. The Bertz CT molecular complexity index is 421. The minimum Gasteiger partial charge on any atom is -0.328 e. The SMILES string of the molecule is Cc1nccn1C(CN)c1ccccn1. The van der Waals surface area contributed by atoms with Gasteiger partial charge in [-0.1, -0.05) is 6.07 Å². The zero-order valence-corrected chi connectivity index (χ0v) is 8.67. The molecule has 15 heavy (non-hydrogen) atoms. The summed E-state index contributed by atoms with van der Waals surface area (Å²) >= 11 is 0. The highest BCUT2D eigenvalue weighted by atomic mass is 15.1. The quantitative estimate of drug-likeness (QED) is 0.811. The van der Waals surface area contributed by atoms with Crippen molar-refractivity contribution < 1.29 is 0 Å². The van der Waals surface area contributed by atoms with E-state index in [1.165, 1.54) is 0 Å². The maximum Gasteiger partial charge on any atom is 0.106 e. The van der Waals surface area contributed by atoms with Crippen LogP contribution in [0, 0.1) is 6.92 Å². The van der Waals surface area contributed by atoms with Gasteiger partial charge in [0.2, 0.25) is 0 Å². The second kappa shape index (κ2) is 4.23. The standard InChI is InChI=1S/C11H14N4/c1-9-13-6-7-15(9)11(8-12)10-4-2-3-5-14-10/h2-7,11H,8,12H2,1H3. The van der Waals surface area contributed by atoms with Crippen molar-refractivity contribution in [1.82, 2.24) is 14.5 Å². The van der Waals surface area contributed by atoms with E-state index in [2.05, 4.69) is 9.97 Å². The van der Waals surface area contributed by atoms with E-state index in [-0.39, 0.29) is 6.04 Å². The third-order valence-electron chi connectivity index (χ3n) is 2.45. The zero-order chi connectivity index (χ0) is 10.7. The third kappa shape index (κ3) is 1.89. The summed E-state index contributed by atoms with van der Waals surface area (Å²) in [5, 5.41) is 0. The van der Waals surface area contributed by atoms with Crippen LogP contribution in [0.5, 0.6) is 0 Å². The highest BCUT2D eigenvalue weighted by Gasteiger charge is 2.13. The van der Waals surface area contributed by atoms with Crippen LogP contribution in [0.15, 0.2) is 36.8 Å². The van der Waals surface area contributed by atoms with Gasteiger partial charge in [-0.25, -0.2) is 4.98 Å². The minimum atomic E-state index is 0.0775. The highest BCUT2D eigenvalue weighted by molar-refractivity contribution is 5.12. The molecule has 2 aromatic rings. The molecule has 0 bridgehead atoms. The zero-order valence-electron chi connectivity index (χ0n) is 8.67. The lowest BCUT2D eigenvalue weighted by atomic mass is 10.2. The largest absolute Gasteiger partial charge is 0.328 e. The van der Waals surface area contributed by atoms with Gasteiger partial charge in [0.15, 0.2) is 0 Å². The maximum absolute atomic E-state index is 5.78. The topological polar surface area (TPSA) is 56.7 Å². The van der Waals surface area contributed by atoms with Gasteiger partial charge < -0.3 is 10.3 Å². The summed E-state index contributed by atoms with van der Waals surface area (Å²) < 4.78 is 2.04. The predicted molar refractivity (Wildman–Crippen MR) is 58.4 cm³/mol. The second-order valence-corrected chi connectivity index (χ2v) is 3.39. The number of aromatic nitrogens is 3. The summed E-state index contributed by atoms with van der Waals surface area (Å²) in [6, 6.07) is 5.93. The molecule has 1 atom stereocenters. The van der Waals surface area contributed by atoms with Gasteiger partial charge >= 0.3 is 0 Å². The molecule has 2 heterocycles. The molecule has 1 unspecified atom stereocenters. The molecule has 2 rings (SSSR count). The Balaban J connectivity index is 2.37. The van der Waals surface area contributed by atoms with E-state index in [0.29, 0.717) is 6.54 Å². The molecule has 0 fully saturated rings. The van der Waals surface area contributed by atoms with Gasteiger partial charge in [0, 0.05) is 25.1 Å². The van der Waals surface area contributed by atoms with Gasteiger partial charge in [-0.05, 0) is 19.1 Å². The summed E-state index contributed by atoms with van der Waals surface area (Å²) in [5.41, 5.74) is 6.75.